The van der Waals surface area contributed by atoms with Crippen molar-refractivity contribution in [2.45, 2.75) is 0 Å². The lowest BCUT2D eigenvalue weighted by atomic mass is 9.95. The normalized spacial score (nSPS) is 11.6. The van der Waals surface area contributed by atoms with Crippen LogP contribution in [-0.4, -0.2) is 19.9 Å². The maximum Gasteiger partial charge on any atom is 0.0978 e. The summed E-state index contributed by atoms with van der Waals surface area (Å²) in [4.78, 5) is 20.3. The van der Waals surface area contributed by atoms with Crippen LogP contribution in [0.3, 0.4) is 0 Å². The molecule has 0 radical (unpaired) electrons. The van der Waals surface area contributed by atoms with Crippen molar-refractivity contribution in [1.82, 2.24) is 19.9 Å². The van der Waals surface area contributed by atoms with E-state index in [1.54, 1.807) is 0 Å². The van der Waals surface area contributed by atoms with Crippen molar-refractivity contribution in [1.29, 1.82) is 0 Å². The zero-order chi connectivity index (χ0) is 33.0. The quantitative estimate of drug-likeness (QED) is 0.142. The lowest BCUT2D eigenvalue weighted by Gasteiger charge is -2.13. The molecule has 6 aromatic carbocycles. The van der Waals surface area contributed by atoms with Crippen molar-refractivity contribution in [3.05, 3.63) is 170 Å². The third-order valence-corrected chi connectivity index (χ3v) is 9.70. The van der Waals surface area contributed by atoms with Crippen LogP contribution >= 0.6 is 0 Å². The van der Waals surface area contributed by atoms with Crippen LogP contribution in [0.5, 0.6) is 0 Å². The molecule has 0 saturated heterocycles. The number of nitrogens with zero attached hydrogens (tertiary/aromatic N) is 4. The molecule has 4 heteroatoms. The minimum Gasteiger partial charge on any atom is -0.254 e. The molecule has 0 bridgehead atoms. The number of fused-ring (bicyclic) bond motifs is 7. The van der Waals surface area contributed by atoms with E-state index in [0.717, 1.165) is 88.2 Å². The van der Waals surface area contributed by atoms with E-state index in [2.05, 4.69) is 146 Å². The fraction of sp³-hybridized carbons (Fsp3) is 0. The summed E-state index contributed by atoms with van der Waals surface area (Å²) in [6.45, 7) is 0. The van der Waals surface area contributed by atoms with E-state index in [0.29, 0.717) is 0 Å². The summed E-state index contributed by atoms with van der Waals surface area (Å²) in [5.41, 5.74) is 13.2. The van der Waals surface area contributed by atoms with Gasteiger partial charge in [-0.2, -0.15) is 0 Å². The number of benzene rings is 6. The molecule has 4 aromatic heterocycles. The fourth-order valence-corrected chi connectivity index (χ4v) is 7.25. The maximum absolute atomic E-state index is 5.25. The summed E-state index contributed by atoms with van der Waals surface area (Å²) in [5, 5.41) is 5.46. The van der Waals surface area contributed by atoms with Gasteiger partial charge in [-0.15, -0.1) is 0 Å². The number of rotatable bonds is 4. The highest BCUT2D eigenvalue weighted by molar-refractivity contribution is 6.16. The molecule has 0 amide bonds. The fourth-order valence-electron chi connectivity index (χ4n) is 7.25. The molecule has 4 nitrogen and oxygen atoms in total. The SMILES string of the molecule is c1ccc(-c2ccc3ccc4c(-c5ccc(-c6ccc7ccc8c(-c9ccccc9)c9ccccc9nc8c7n6)cc5)ccnc4c3n2)cc1. The van der Waals surface area contributed by atoms with Crippen molar-refractivity contribution in [2.75, 3.05) is 0 Å². The number of aromatic nitrogens is 4. The first kappa shape index (κ1) is 28.3. The van der Waals surface area contributed by atoms with Gasteiger partial charge in [0.15, 0.2) is 0 Å². The van der Waals surface area contributed by atoms with Gasteiger partial charge in [0.05, 0.1) is 39.0 Å². The summed E-state index contributed by atoms with van der Waals surface area (Å²) in [6, 6.07) is 57.1. The number of pyridine rings is 4. The van der Waals surface area contributed by atoms with Gasteiger partial charge < -0.3 is 0 Å². The molecule has 0 aliphatic heterocycles. The highest BCUT2D eigenvalue weighted by atomic mass is 14.8. The molecule has 232 valence electrons. The molecule has 0 saturated carbocycles. The average molecular weight is 637 g/mol. The standard InChI is InChI=1S/C46H28N4/c1-3-9-30(10-4-1)39-25-21-33-19-23-36-35(27-28-47-45(36)43(33)48-39)29-15-17-31(18-16-29)40-26-22-34-20-24-38-42(32-11-5-2-6-12-32)37-13-7-8-14-41(37)50-46(38)44(34)49-40/h1-28H. The van der Waals surface area contributed by atoms with Gasteiger partial charge in [-0.05, 0) is 41.0 Å². The van der Waals surface area contributed by atoms with Gasteiger partial charge in [-0.1, -0.05) is 140 Å². The average Bonchev–Trinajstić information content (AvgIpc) is 3.20. The van der Waals surface area contributed by atoms with Gasteiger partial charge in [0.2, 0.25) is 0 Å². The summed E-state index contributed by atoms with van der Waals surface area (Å²) in [6.07, 6.45) is 1.89. The molecule has 0 unspecified atom stereocenters. The van der Waals surface area contributed by atoms with Gasteiger partial charge in [-0.3, -0.25) is 4.98 Å². The molecule has 0 spiro atoms. The highest BCUT2D eigenvalue weighted by Gasteiger charge is 2.15. The highest BCUT2D eigenvalue weighted by Crippen LogP contribution is 2.38. The van der Waals surface area contributed by atoms with E-state index in [-0.39, 0.29) is 0 Å². The lowest BCUT2D eigenvalue weighted by molar-refractivity contribution is 1.37. The Kier molecular flexibility index (Phi) is 6.46. The molecular formula is C46H28N4. The largest absolute Gasteiger partial charge is 0.254 e. The Morgan fingerprint density at radius 3 is 1.60 bits per heavy atom. The first-order valence-electron chi connectivity index (χ1n) is 16.8. The van der Waals surface area contributed by atoms with Crippen LogP contribution in [0, 0.1) is 0 Å². The van der Waals surface area contributed by atoms with Crippen LogP contribution < -0.4 is 0 Å². The Balaban J connectivity index is 1.08. The Bertz CT molecular complexity index is 2900. The van der Waals surface area contributed by atoms with Gasteiger partial charge in [0.1, 0.15) is 0 Å². The predicted octanol–water partition coefficient (Wildman–Crippen LogP) is 11.7. The van der Waals surface area contributed by atoms with Gasteiger partial charge in [0.25, 0.3) is 0 Å². The zero-order valence-electron chi connectivity index (χ0n) is 27.0. The topological polar surface area (TPSA) is 51.6 Å². The second-order valence-corrected chi connectivity index (χ2v) is 12.6. The van der Waals surface area contributed by atoms with Crippen LogP contribution in [0.15, 0.2) is 170 Å². The third-order valence-electron chi connectivity index (χ3n) is 9.70. The smallest absolute Gasteiger partial charge is 0.0978 e. The molecule has 4 heterocycles. The summed E-state index contributed by atoms with van der Waals surface area (Å²) >= 11 is 0. The number of hydrogen-bond acceptors (Lipinski definition) is 4. The Hall–Kier alpha value is -6.78. The molecule has 10 aromatic rings. The molecular weight excluding hydrogens is 609 g/mol. The minimum absolute atomic E-state index is 0.903. The van der Waals surface area contributed by atoms with E-state index in [1.165, 1.54) is 11.1 Å². The maximum atomic E-state index is 5.25. The molecule has 0 aliphatic rings. The first-order valence-corrected chi connectivity index (χ1v) is 16.8. The van der Waals surface area contributed by atoms with Crippen molar-refractivity contribution >= 4 is 54.5 Å². The van der Waals surface area contributed by atoms with E-state index < -0.39 is 0 Å². The predicted molar refractivity (Wildman–Crippen MR) is 207 cm³/mol. The Labute approximate surface area is 288 Å². The lowest BCUT2D eigenvalue weighted by Crippen LogP contribution is -1.93. The van der Waals surface area contributed by atoms with Crippen LogP contribution in [0.25, 0.3) is 99.3 Å². The summed E-state index contributed by atoms with van der Waals surface area (Å²) in [5.74, 6) is 0. The minimum atomic E-state index is 0.903. The first-order chi connectivity index (χ1) is 24.8. The van der Waals surface area contributed by atoms with E-state index in [1.807, 2.05) is 24.4 Å². The van der Waals surface area contributed by atoms with Gasteiger partial charge in [0, 0.05) is 49.8 Å². The van der Waals surface area contributed by atoms with Gasteiger partial charge >= 0.3 is 0 Å². The van der Waals surface area contributed by atoms with Crippen LogP contribution in [0.2, 0.25) is 0 Å². The number of hydrogen-bond donors (Lipinski definition) is 0. The van der Waals surface area contributed by atoms with E-state index >= 15 is 0 Å². The summed E-state index contributed by atoms with van der Waals surface area (Å²) in [7, 11) is 0. The second-order valence-electron chi connectivity index (χ2n) is 12.6. The molecule has 0 atom stereocenters. The molecule has 0 N–H and O–H groups in total. The molecule has 50 heavy (non-hydrogen) atoms. The number of para-hydroxylation sites is 1. The Morgan fingerprint density at radius 2 is 0.880 bits per heavy atom. The van der Waals surface area contributed by atoms with Crippen molar-refractivity contribution in [3.63, 3.8) is 0 Å². The summed E-state index contributed by atoms with van der Waals surface area (Å²) < 4.78 is 0. The van der Waals surface area contributed by atoms with Crippen molar-refractivity contribution < 1.29 is 0 Å². The van der Waals surface area contributed by atoms with Crippen molar-refractivity contribution in [3.8, 4) is 44.8 Å². The van der Waals surface area contributed by atoms with Crippen LogP contribution in [0.1, 0.15) is 0 Å². The second kappa shape index (κ2) is 11.4. The van der Waals surface area contributed by atoms with Gasteiger partial charge in [-0.25, -0.2) is 15.0 Å². The van der Waals surface area contributed by atoms with E-state index in [9.17, 15) is 0 Å². The third kappa shape index (κ3) is 4.61. The monoisotopic (exact) mass is 636 g/mol. The molecule has 10 rings (SSSR count). The van der Waals surface area contributed by atoms with Crippen LogP contribution in [-0.2, 0) is 0 Å². The van der Waals surface area contributed by atoms with Crippen molar-refractivity contribution in [2.24, 2.45) is 0 Å². The molecule has 0 fully saturated rings. The van der Waals surface area contributed by atoms with E-state index in [4.69, 9.17) is 19.9 Å². The molecule has 0 aliphatic carbocycles. The Morgan fingerprint density at radius 1 is 0.320 bits per heavy atom. The zero-order valence-corrected chi connectivity index (χ0v) is 27.0. The van der Waals surface area contributed by atoms with Crippen LogP contribution in [0.4, 0.5) is 0 Å².